The number of carbonyl (C=O) groups is 1. The molecule has 0 saturated carbocycles. The average molecular weight is 386 g/mol. The predicted molar refractivity (Wildman–Crippen MR) is 91.1 cm³/mol. The van der Waals surface area contributed by atoms with E-state index in [1.54, 1.807) is 12.1 Å². The van der Waals surface area contributed by atoms with Crippen molar-refractivity contribution in [1.82, 2.24) is 4.72 Å². The zero-order chi connectivity index (χ0) is 19.4. The van der Waals surface area contributed by atoms with Crippen LogP contribution in [0, 0.1) is 0 Å². The first-order valence-electron chi connectivity index (χ1n) is 7.61. The van der Waals surface area contributed by atoms with Gasteiger partial charge in [-0.2, -0.15) is 13.2 Å². The number of aryl methyl sites for hydroxylation is 1. The molecule has 5 nitrogen and oxygen atoms in total. The summed E-state index contributed by atoms with van der Waals surface area (Å²) in [5.41, 5.74) is 0.258. The molecule has 26 heavy (non-hydrogen) atoms. The monoisotopic (exact) mass is 386 g/mol. The van der Waals surface area contributed by atoms with Gasteiger partial charge in [0.05, 0.1) is 10.5 Å². The van der Waals surface area contributed by atoms with Gasteiger partial charge in [-0.25, -0.2) is 13.1 Å². The molecule has 0 atom stereocenters. The van der Waals surface area contributed by atoms with Crippen LogP contribution in [-0.2, 0) is 27.4 Å². The molecule has 0 radical (unpaired) electrons. The molecule has 2 aromatic rings. The first kappa shape index (κ1) is 19.9. The second kappa shape index (κ2) is 7.88. The van der Waals surface area contributed by atoms with Crippen molar-refractivity contribution in [3.63, 3.8) is 0 Å². The SMILES string of the molecule is CNS(=O)(=O)c1ccc(CCC(=O)Nc2ccc(C(F)(F)F)cc2)cc1. The minimum absolute atomic E-state index is 0.110. The largest absolute Gasteiger partial charge is 0.416 e. The average Bonchev–Trinajstić information content (AvgIpc) is 2.60. The van der Waals surface area contributed by atoms with Gasteiger partial charge in [-0.1, -0.05) is 12.1 Å². The Bertz CT molecular complexity index is 862. The van der Waals surface area contributed by atoms with Crippen LogP contribution in [0.4, 0.5) is 18.9 Å². The second-order valence-electron chi connectivity index (χ2n) is 5.47. The van der Waals surface area contributed by atoms with E-state index in [0.29, 0.717) is 6.42 Å². The van der Waals surface area contributed by atoms with Gasteiger partial charge in [0.2, 0.25) is 15.9 Å². The lowest BCUT2D eigenvalue weighted by Gasteiger charge is -2.09. The van der Waals surface area contributed by atoms with Crippen molar-refractivity contribution < 1.29 is 26.4 Å². The lowest BCUT2D eigenvalue weighted by Crippen LogP contribution is -2.18. The molecule has 0 aromatic heterocycles. The number of hydrogen-bond donors (Lipinski definition) is 2. The van der Waals surface area contributed by atoms with E-state index in [1.807, 2.05) is 0 Å². The molecule has 2 rings (SSSR count). The summed E-state index contributed by atoms with van der Waals surface area (Å²) in [6, 6.07) is 10.3. The molecule has 0 unspecified atom stereocenters. The van der Waals surface area contributed by atoms with Gasteiger partial charge in [0.25, 0.3) is 0 Å². The molecule has 2 N–H and O–H groups in total. The van der Waals surface area contributed by atoms with E-state index >= 15 is 0 Å². The van der Waals surface area contributed by atoms with Gasteiger partial charge in [-0.3, -0.25) is 4.79 Å². The van der Waals surface area contributed by atoms with E-state index in [1.165, 1.54) is 31.3 Å². The molecule has 0 saturated heterocycles. The lowest BCUT2D eigenvalue weighted by molar-refractivity contribution is -0.137. The van der Waals surface area contributed by atoms with E-state index in [9.17, 15) is 26.4 Å². The van der Waals surface area contributed by atoms with Crippen molar-refractivity contribution in [3.8, 4) is 0 Å². The number of benzene rings is 2. The fraction of sp³-hybridized carbons (Fsp3) is 0.235. The Hall–Kier alpha value is -2.39. The number of amides is 1. The lowest BCUT2D eigenvalue weighted by atomic mass is 10.1. The molecule has 0 spiro atoms. The summed E-state index contributed by atoms with van der Waals surface area (Å²) < 4.78 is 62.9. The number of halogens is 3. The fourth-order valence-electron chi connectivity index (χ4n) is 2.18. The molecule has 1 amide bonds. The van der Waals surface area contributed by atoms with E-state index in [2.05, 4.69) is 10.0 Å². The Labute approximate surface area is 149 Å². The highest BCUT2D eigenvalue weighted by Gasteiger charge is 2.29. The summed E-state index contributed by atoms with van der Waals surface area (Å²) in [4.78, 5) is 12.0. The van der Waals surface area contributed by atoms with E-state index < -0.39 is 21.8 Å². The molecule has 2 aromatic carbocycles. The van der Waals surface area contributed by atoms with Gasteiger partial charge < -0.3 is 5.32 Å². The highest BCUT2D eigenvalue weighted by Crippen LogP contribution is 2.29. The van der Waals surface area contributed by atoms with Gasteiger partial charge in [-0.15, -0.1) is 0 Å². The van der Waals surface area contributed by atoms with Crippen molar-refractivity contribution in [1.29, 1.82) is 0 Å². The van der Waals surface area contributed by atoms with Crippen molar-refractivity contribution in [2.45, 2.75) is 23.9 Å². The maximum Gasteiger partial charge on any atom is 0.416 e. The van der Waals surface area contributed by atoms with Gasteiger partial charge in [0.1, 0.15) is 0 Å². The van der Waals surface area contributed by atoms with Crippen LogP contribution in [0.2, 0.25) is 0 Å². The first-order valence-corrected chi connectivity index (χ1v) is 9.10. The minimum Gasteiger partial charge on any atom is -0.326 e. The van der Waals surface area contributed by atoms with Crippen LogP contribution in [0.15, 0.2) is 53.4 Å². The summed E-state index contributed by atoms with van der Waals surface area (Å²) in [7, 11) is -2.20. The van der Waals surface area contributed by atoms with Gasteiger partial charge in [-0.05, 0) is 55.4 Å². The van der Waals surface area contributed by atoms with Gasteiger partial charge in [0.15, 0.2) is 0 Å². The highest BCUT2D eigenvalue weighted by atomic mass is 32.2. The molecule has 9 heteroatoms. The molecule has 0 heterocycles. The third-order valence-corrected chi connectivity index (χ3v) is 5.07. The Balaban J connectivity index is 1.91. The molecule has 0 aliphatic carbocycles. The Morgan fingerprint density at radius 2 is 1.58 bits per heavy atom. The second-order valence-corrected chi connectivity index (χ2v) is 7.36. The molecule has 0 aliphatic rings. The minimum atomic E-state index is -4.42. The van der Waals surface area contributed by atoms with Crippen LogP contribution in [0.1, 0.15) is 17.5 Å². The van der Waals surface area contributed by atoms with Crippen LogP contribution < -0.4 is 10.0 Å². The number of alkyl halides is 3. The standard InChI is InChI=1S/C17H17F3N2O3S/c1-21-26(24,25)15-9-2-12(3-10-15)4-11-16(23)22-14-7-5-13(6-8-14)17(18,19)20/h2-3,5-10,21H,4,11H2,1H3,(H,22,23). The Morgan fingerprint density at radius 3 is 2.08 bits per heavy atom. The topological polar surface area (TPSA) is 75.3 Å². The summed E-state index contributed by atoms with van der Waals surface area (Å²) in [6.07, 6.45) is -3.94. The van der Waals surface area contributed by atoms with Crippen molar-refractivity contribution in [2.75, 3.05) is 12.4 Å². The Morgan fingerprint density at radius 1 is 1.00 bits per heavy atom. The van der Waals surface area contributed by atoms with Crippen molar-refractivity contribution in [2.24, 2.45) is 0 Å². The van der Waals surface area contributed by atoms with Crippen LogP contribution in [-0.4, -0.2) is 21.4 Å². The number of hydrogen-bond acceptors (Lipinski definition) is 3. The molecule has 0 aliphatic heterocycles. The fourth-order valence-corrected chi connectivity index (χ4v) is 2.91. The third kappa shape index (κ3) is 5.30. The normalized spacial score (nSPS) is 12.0. The summed E-state index contributed by atoms with van der Waals surface area (Å²) >= 11 is 0. The van der Waals surface area contributed by atoms with E-state index in [0.717, 1.165) is 17.7 Å². The third-order valence-electron chi connectivity index (χ3n) is 3.64. The van der Waals surface area contributed by atoms with Crippen molar-refractivity contribution >= 4 is 21.6 Å². The number of nitrogens with one attached hydrogen (secondary N) is 2. The van der Waals surface area contributed by atoms with E-state index in [4.69, 9.17) is 0 Å². The zero-order valence-electron chi connectivity index (χ0n) is 13.8. The van der Waals surface area contributed by atoms with Gasteiger partial charge in [0, 0.05) is 12.1 Å². The maximum absolute atomic E-state index is 12.5. The zero-order valence-corrected chi connectivity index (χ0v) is 14.6. The highest BCUT2D eigenvalue weighted by molar-refractivity contribution is 7.89. The number of carbonyl (C=O) groups excluding carboxylic acids is 1. The molecule has 0 bridgehead atoms. The molecule has 140 valence electrons. The van der Waals surface area contributed by atoms with Crippen LogP contribution >= 0.6 is 0 Å². The summed E-state index contributed by atoms with van der Waals surface area (Å²) in [5.74, 6) is -0.350. The first-order chi connectivity index (χ1) is 12.1. The predicted octanol–water partition coefficient (Wildman–Crippen LogP) is 3.18. The Kier molecular flexibility index (Phi) is 6.04. The van der Waals surface area contributed by atoms with Crippen LogP contribution in [0.25, 0.3) is 0 Å². The summed E-state index contributed by atoms with van der Waals surface area (Å²) in [6.45, 7) is 0. The quantitative estimate of drug-likeness (QED) is 0.801. The number of rotatable bonds is 6. The number of anilines is 1. The maximum atomic E-state index is 12.5. The molecular formula is C17H17F3N2O3S. The smallest absolute Gasteiger partial charge is 0.326 e. The van der Waals surface area contributed by atoms with Crippen LogP contribution in [0.3, 0.4) is 0 Å². The van der Waals surface area contributed by atoms with Crippen molar-refractivity contribution in [3.05, 3.63) is 59.7 Å². The van der Waals surface area contributed by atoms with E-state index in [-0.39, 0.29) is 22.9 Å². The molecule has 0 fully saturated rings. The number of sulfonamides is 1. The van der Waals surface area contributed by atoms with Crippen LogP contribution in [0.5, 0.6) is 0 Å². The molecular weight excluding hydrogens is 369 g/mol. The van der Waals surface area contributed by atoms with Gasteiger partial charge >= 0.3 is 6.18 Å². The summed E-state index contributed by atoms with van der Waals surface area (Å²) in [5, 5.41) is 2.52.